The van der Waals surface area contributed by atoms with Crippen molar-refractivity contribution in [3.63, 3.8) is 0 Å². The van der Waals surface area contributed by atoms with E-state index in [1.165, 1.54) is 6.42 Å². The number of hydrogen-bond acceptors (Lipinski definition) is 3. The van der Waals surface area contributed by atoms with Gasteiger partial charge in [-0.15, -0.1) is 0 Å². The third kappa shape index (κ3) is 3.07. The molecule has 2 atom stereocenters. The van der Waals surface area contributed by atoms with E-state index in [0.29, 0.717) is 6.61 Å². The quantitative estimate of drug-likeness (QED) is 0.785. The van der Waals surface area contributed by atoms with Gasteiger partial charge in [0.2, 0.25) is 0 Å². The first-order valence-electron chi connectivity index (χ1n) is 6.93. The SMILES string of the molecule is O=C(OCc1ccccc1)N1CCCC[C@H]1[C@H]1CO1. The van der Waals surface area contributed by atoms with Crippen molar-refractivity contribution in [1.82, 2.24) is 4.90 Å². The molecule has 19 heavy (non-hydrogen) atoms. The maximum absolute atomic E-state index is 12.2. The third-order valence-electron chi connectivity index (χ3n) is 3.78. The van der Waals surface area contributed by atoms with Crippen LogP contribution < -0.4 is 0 Å². The predicted octanol–water partition coefficient (Wildman–Crippen LogP) is 2.58. The molecule has 2 fully saturated rings. The Morgan fingerprint density at radius 3 is 2.84 bits per heavy atom. The lowest BCUT2D eigenvalue weighted by Crippen LogP contribution is -2.46. The summed E-state index contributed by atoms with van der Waals surface area (Å²) in [6.07, 6.45) is 3.30. The Hall–Kier alpha value is -1.55. The monoisotopic (exact) mass is 261 g/mol. The van der Waals surface area contributed by atoms with E-state index in [1.54, 1.807) is 0 Å². The van der Waals surface area contributed by atoms with Crippen molar-refractivity contribution >= 4 is 6.09 Å². The summed E-state index contributed by atoms with van der Waals surface area (Å²) >= 11 is 0. The van der Waals surface area contributed by atoms with E-state index in [9.17, 15) is 4.79 Å². The molecule has 1 aromatic rings. The summed E-state index contributed by atoms with van der Waals surface area (Å²) in [6, 6.07) is 10.00. The van der Waals surface area contributed by atoms with Gasteiger partial charge >= 0.3 is 6.09 Å². The van der Waals surface area contributed by atoms with Crippen molar-refractivity contribution in [1.29, 1.82) is 0 Å². The predicted molar refractivity (Wildman–Crippen MR) is 70.7 cm³/mol. The minimum atomic E-state index is -0.205. The van der Waals surface area contributed by atoms with Crippen LogP contribution in [0.25, 0.3) is 0 Å². The molecule has 1 aromatic carbocycles. The number of epoxide rings is 1. The third-order valence-corrected chi connectivity index (χ3v) is 3.78. The van der Waals surface area contributed by atoms with E-state index in [-0.39, 0.29) is 18.2 Å². The maximum atomic E-state index is 12.2. The summed E-state index contributed by atoms with van der Waals surface area (Å²) in [7, 11) is 0. The number of amides is 1. The van der Waals surface area contributed by atoms with Crippen LogP contribution in [0.1, 0.15) is 24.8 Å². The van der Waals surface area contributed by atoms with Crippen LogP contribution in [-0.2, 0) is 16.1 Å². The van der Waals surface area contributed by atoms with Gasteiger partial charge in [-0.3, -0.25) is 0 Å². The molecule has 0 unspecified atom stereocenters. The highest BCUT2D eigenvalue weighted by atomic mass is 16.6. The molecular formula is C15H19NO3. The van der Waals surface area contributed by atoms with Crippen LogP contribution in [0.4, 0.5) is 4.79 Å². The normalized spacial score (nSPS) is 26.0. The molecule has 2 aliphatic heterocycles. The van der Waals surface area contributed by atoms with Crippen molar-refractivity contribution in [2.45, 2.75) is 38.0 Å². The van der Waals surface area contributed by atoms with Crippen LogP contribution in [-0.4, -0.2) is 36.3 Å². The molecular weight excluding hydrogens is 242 g/mol. The first-order valence-corrected chi connectivity index (χ1v) is 6.93. The minimum absolute atomic E-state index is 0.205. The lowest BCUT2D eigenvalue weighted by molar-refractivity contribution is 0.0603. The van der Waals surface area contributed by atoms with Crippen molar-refractivity contribution in [2.75, 3.05) is 13.2 Å². The molecule has 3 rings (SSSR count). The molecule has 0 aromatic heterocycles. The number of hydrogen-bond donors (Lipinski definition) is 0. The topological polar surface area (TPSA) is 42.1 Å². The molecule has 2 saturated heterocycles. The zero-order chi connectivity index (χ0) is 13.1. The van der Waals surface area contributed by atoms with Crippen molar-refractivity contribution < 1.29 is 14.3 Å². The zero-order valence-corrected chi connectivity index (χ0v) is 11.0. The molecule has 2 aliphatic rings. The second-order valence-corrected chi connectivity index (χ2v) is 5.17. The van der Waals surface area contributed by atoms with Gasteiger partial charge in [-0.25, -0.2) is 4.79 Å². The van der Waals surface area contributed by atoms with E-state index in [2.05, 4.69) is 0 Å². The summed E-state index contributed by atoms with van der Waals surface area (Å²) in [6.45, 7) is 1.92. The van der Waals surface area contributed by atoms with E-state index < -0.39 is 0 Å². The summed E-state index contributed by atoms with van der Waals surface area (Å²) < 4.78 is 10.7. The number of piperidine rings is 1. The van der Waals surface area contributed by atoms with Gasteiger partial charge in [0.25, 0.3) is 0 Å². The van der Waals surface area contributed by atoms with Gasteiger partial charge in [0.15, 0.2) is 0 Å². The van der Waals surface area contributed by atoms with E-state index >= 15 is 0 Å². The summed E-state index contributed by atoms with van der Waals surface area (Å²) in [5.74, 6) is 0. The molecule has 0 aliphatic carbocycles. The van der Waals surface area contributed by atoms with E-state index in [0.717, 1.165) is 31.6 Å². The smallest absolute Gasteiger partial charge is 0.410 e. The molecule has 1 amide bonds. The van der Waals surface area contributed by atoms with Gasteiger partial charge < -0.3 is 14.4 Å². The molecule has 4 heteroatoms. The lowest BCUT2D eigenvalue weighted by Gasteiger charge is -2.33. The fourth-order valence-corrected chi connectivity index (χ4v) is 2.65. The average Bonchev–Trinajstić information content (AvgIpc) is 3.30. The Morgan fingerprint density at radius 1 is 1.32 bits per heavy atom. The van der Waals surface area contributed by atoms with Crippen molar-refractivity contribution in [2.24, 2.45) is 0 Å². The highest BCUT2D eigenvalue weighted by Crippen LogP contribution is 2.28. The molecule has 0 N–H and O–H groups in total. The largest absolute Gasteiger partial charge is 0.445 e. The number of nitrogens with zero attached hydrogens (tertiary/aromatic N) is 1. The average molecular weight is 261 g/mol. The molecule has 2 heterocycles. The van der Waals surface area contributed by atoms with Gasteiger partial charge in [0, 0.05) is 6.54 Å². The summed E-state index contributed by atoms with van der Waals surface area (Å²) in [5, 5.41) is 0. The molecule has 0 bridgehead atoms. The second kappa shape index (κ2) is 5.61. The van der Waals surface area contributed by atoms with Gasteiger partial charge in [-0.05, 0) is 24.8 Å². The van der Waals surface area contributed by atoms with Crippen molar-refractivity contribution in [3.05, 3.63) is 35.9 Å². The molecule has 0 radical (unpaired) electrons. The van der Waals surface area contributed by atoms with Crippen molar-refractivity contribution in [3.8, 4) is 0 Å². The maximum Gasteiger partial charge on any atom is 0.410 e. The Kier molecular flexibility index (Phi) is 3.69. The standard InChI is InChI=1S/C15H19NO3/c17-15(19-10-12-6-2-1-3-7-12)16-9-5-4-8-13(16)14-11-18-14/h1-3,6-7,13-14H,4-5,8-11H2/t13-,14+/m0/s1. The Balaban J connectivity index is 1.56. The number of ether oxygens (including phenoxy) is 2. The van der Waals surface area contributed by atoms with Crippen LogP contribution in [0.3, 0.4) is 0 Å². The lowest BCUT2D eigenvalue weighted by atomic mass is 10.0. The van der Waals surface area contributed by atoms with Crippen LogP contribution >= 0.6 is 0 Å². The number of likely N-dealkylation sites (tertiary alicyclic amines) is 1. The highest BCUT2D eigenvalue weighted by molar-refractivity contribution is 5.68. The molecule has 0 spiro atoms. The van der Waals surface area contributed by atoms with Crippen LogP contribution in [0.5, 0.6) is 0 Å². The fraction of sp³-hybridized carbons (Fsp3) is 0.533. The number of rotatable bonds is 3. The molecule has 0 saturated carbocycles. The van der Waals surface area contributed by atoms with Gasteiger partial charge in [0.05, 0.1) is 12.6 Å². The Morgan fingerprint density at radius 2 is 2.11 bits per heavy atom. The fourth-order valence-electron chi connectivity index (χ4n) is 2.65. The Labute approximate surface area is 113 Å². The molecule has 4 nitrogen and oxygen atoms in total. The first-order chi connectivity index (χ1) is 9.34. The number of carbonyl (C=O) groups is 1. The summed E-state index contributed by atoms with van der Waals surface area (Å²) in [4.78, 5) is 14.0. The van der Waals surface area contributed by atoms with E-state index in [4.69, 9.17) is 9.47 Å². The van der Waals surface area contributed by atoms with Gasteiger partial charge in [-0.2, -0.15) is 0 Å². The second-order valence-electron chi connectivity index (χ2n) is 5.17. The summed E-state index contributed by atoms with van der Waals surface area (Å²) in [5.41, 5.74) is 1.02. The van der Waals surface area contributed by atoms with Gasteiger partial charge in [0.1, 0.15) is 12.7 Å². The minimum Gasteiger partial charge on any atom is -0.445 e. The van der Waals surface area contributed by atoms with Crippen LogP contribution in [0, 0.1) is 0 Å². The van der Waals surface area contributed by atoms with Crippen LogP contribution in [0.15, 0.2) is 30.3 Å². The van der Waals surface area contributed by atoms with Gasteiger partial charge in [-0.1, -0.05) is 30.3 Å². The number of benzene rings is 1. The molecule has 102 valence electrons. The van der Waals surface area contributed by atoms with E-state index in [1.807, 2.05) is 35.2 Å². The number of carbonyl (C=O) groups excluding carboxylic acids is 1. The zero-order valence-electron chi connectivity index (χ0n) is 11.0. The first kappa shape index (κ1) is 12.5. The Bertz CT molecular complexity index is 430. The van der Waals surface area contributed by atoms with Crippen LogP contribution in [0.2, 0.25) is 0 Å². The highest BCUT2D eigenvalue weighted by Gasteiger charge is 2.40.